The Morgan fingerprint density at radius 2 is 1.57 bits per heavy atom. The van der Waals surface area contributed by atoms with Crippen molar-refractivity contribution in [3.05, 3.63) is 78.4 Å². The Balaban J connectivity index is 1.51. The highest BCUT2D eigenvalue weighted by Gasteiger charge is 2.10. The average Bonchev–Trinajstić information content (AvgIpc) is 3.18. The van der Waals surface area contributed by atoms with E-state index in [0.717, 1.165) is 28.1 Å². The molecule has 0 atom stereocenters. The zero-order valence-corrected chi connectivity index (χ0v) is 16.8. The highest BCUT2D eigenvalue weighted by atomic mass is 16.2. The largest absolute Gasteiger partial charge is 0.338 e. The van der Waals surface area contributed by atoms with Gasteiger partial charge in [0.15, 0.2) is 0 Å². The van der Waals surface area contributed by atoms with Gasteiger partial charge >= 0.3 is 0 Å². The SMILES string of the molecule is CC(C)C(=O)Nc1ccc2nc(-c3ccc(NC(=O)c4ccccc4)cc3)[nH]c2c1. The molecular formula is C24H22N4O2. The number of aromatic nitrogens is 2. The summed E-state index contributed by atoms with van der Waals surface area (Å²) in [6, 6.07) is 22.2. The Morgan fingerprint density at radius 3 is 2.27 bits per heavy atom. The number of imidazole rings is 1. The molecule has 150 valence electrons. The van der Waals surface area contributed by atoms with E-state index in [1.165, 1.54) is 0 Å². The molecule has 2 amide bonds. The van der Waals surface area contributed by atoms with E-state index in [1.807, 2.05) is 74.5 Å². The van der Waals surface area contributed by atoms with Crippen LogP contribution < -0.4 is 10.6 Å². The van der Waals surface area contributed by atoms with Crippen LogP contribution in [0.25, 0.3) is 22.4 Å². The van der Waals surface area contributed by atoms with Crippen LogP contribution in [-0.4, -0.2) is 21.8 Å². The molecule has 0 spiro atoms. The predicted octanol–water partition coefficient (Wildman–Crippen LogP) is 5.08. The van der Waals surface area contributed by atoms with Crippen molar-refractivity contribution in [1.29, 1.82) is 0 Å². The van der Waals surface area contributed by atoms with E-state index in [1.54, 1.807) is 12.1 Å². The Kier molecular flexibility index (Phi) is 5.30. The number of anilines is 2. The lowest BCUT2D eigenvalue weighted by Crippen LogP contribution is -2.17. The van der Waals surface area contributed by atoms with Crippen LogP contribution in [-0.2, 0) is 4.79 Å². The molecule has 30 heavy (non-hydrogen) atoms. The van der Waals surface area contributed by atoms with Crippen LogP contribution in [0.3, 0.4) is 0 Å². The monoisotopic (exact) mass is 398 g/mol. The molecule has 0 saturated heterocycles. The van der Waals surface area contributed by atoms with Crippen LogP contribution in [0, 0.1) is 5.92 Å². The maximum Gasteiger partial charge on any atom is 0.255 e. The maximum absolute atomic E-state index is 12.3. The molecule has 4 aromatic rings. The van der Waals surface area contributed by atoms with E-state index in [0.29, 0.717) is 11.3 Å². The second-order valence-electron chi connectivity index (χ2n) is 7.36. The molecule has 0 aliphatic rings. The van der Waals surface area contributed by atoms with Gasteiger partial charge in [0, 0.05) is 28.4 Å². The number of nitrogens with one attached hydrogen (secondary N) is 3. The summed E-state index contributed by atoms with van der Waals surface area (Å²) in [5.74, 6) is 0.461. The van der Waals surface area contributed by atoms with Gasteiger partial charge in [-0.15, -0.1) is 0 Å². The zero-order chi connectivity index (χ0) is 21.1. The molecule has 3 N–H and O–H groups in total. The van der Waals surface area contributed by atoms with E-state index >= 15 is 0 Å². The van der Waals surface area contributed by atoms with Gasteiger partial charge in [0.25, 0.3) is 5.91 Å². The molecule has 0 aliphatic carbocycles. The zero-order valence-electron chi connectivity index (χ0n) is 16.8. The summed E-state index contributed by atoms with van der Waals surface area (Å²) in [7, 11) is 0. The Morgan fingerprint density at radius 1 is 0.867 bits per heavy atom. The fraction of sp³-hybridized carbons (Fsp3) is 0.125. The first kappa shape index (κ1) is 19.4. The highest BCUT2D eigenvalue weighted by Crippen LogP contribution is 2.24. The second-order valence-corrected chi connectivity index (χ2v) is 7.36. The second kappa shape index (κ2) is 8.21. The lowest BCUT2D eigenvalue weighted by atomic mass is 10.1. The summed E-state index contributed by atoms with van der Waals surface area (Å²) in [5.41, 5.74) is 4.61. The minimum atomic E-state index is -0.150. The number of benzene rings is 3. The molecule has 0 radical (unpaired) electrons. The lowest BCUT2D eigenvalue weighted by molar-refractivity contribution is -0.118. The molecule has 3 aromatic carbocycles. The van der Waals surface area contributed by atoms with Crippen LogP contribution in [0.15, 0.2) is 72.8 Å². The fourth-order valence-corrected chi connectivity index (χ4v) is 3.01. The van der Waals surface area contributed by atoms with Gasteiger partial charge in [-0.2, -0.15) is 0 Å². The van der Waals surface area contributed by atoms with E-state index in [9.17, 15) is 9.59 Å². The molecule has 0 bridgehead atoms. The molecule has 6 heteroatoms. The fourth-order valence-electron chi connectivity index (χ4n) is 3.01. The number of amides is 2. The van der Waals surface area contributed by atoms with Crippen molar-refractivity contribution in [3.63, 3.8) is 0 Å². The number of aromatic amines is 1. The Hall–Kier alpha value is -3.93. The molecule has 0 fully saturated rings. The van der Waals surface area contributed by atoms with Crippen molar-refractivity contribution in [3.8, 4) is 11.4 Å². The summed E-state index contributed by atoms with van der Waals surface area (Å²) < 4.78 is 0. The predicted molar refractivity (Wildman–Crippen MR) is 119 cm³/mol. The number of hydrogen-bond donors (Lipinski definition) is 3. The quantitative estimate of drug-likeness (QED) is 0.438. The van der Waals surface area contributed by atoms with E-state index < -0.39 is 0 Å². The van der Waals surface area contributed by atoms with Gasteiger partial charge in [-0.3, -0.25) is 9.59 Å². The third-order valence-corrected chi connectivity index (χ3v) is 4.73. The number of fused-ring (bicyclic) bond motifs is 1. The molecule has 0 unspecified atom stereocenters. The first-order valence-electron chi connectivity index (χ1n) is 9.77. The summed E-state index contributed by atoms with van der Waals surface area (Å²) in [6.07, 6.45) is 0. The van der Waals surface area contributed by atoms with Gasteiger partial charge in [-0.25, -0.2) is 4.98 Å². The smallest absolute Gasteiger partial charge is 0.255 e. The molecule has 1 heterocycles. The maximum atomic E-state index is 12.3. The van der Waals surface area contributed by atoms with Gasteiger partial charge in [0.1, 0.15) is 5.82 Å². The number of hydrogen-bond acceptors (Lipinski definition) is 3. The summed E-state index contributed by atoms with van der Waals surface area (Å²) in [4.78, 5) is 32.1. The van der Waals surface area contributed by atoms with E-state index in [2.05, 4.69) is 20.6 Å². The number of carbonyl (C=O) groups is 2. The normalized spacial score (nSPS) is 10.9. The lowest BCUT2D eigenvalue weighted by Gasteiger charge is -2.07. The first-order valence-corrected chi connectivity index (χ1v) is 9.77. The van der Waals surface area contributed by atoms with Crippen LogP contribution in [0.2, 0.25) is 0 Å². The molecule has 0 aliphatic heterocycles. The van der Waals surface area contributed by atoms with Gasteiger partial charge in [0.05, 0.1) is 11.0 Å². The van der Waals surface area contributed by atoms with Crippen molar-refractivity contribution in [2.75, 3.05) is 10.6 Å². The van der Waals surface area contributed by atoms with Crippen molar-refractivity contribution >= 4 is 34.2 Å². The molecular weight excluding hydrogens is 376 g/mol. The van der Waals surface area contributed by atoms with Crippen molar-refractivity contribution in [2.24, 2.45) is 5.92 Å². The number of carbonyl (C=O) groups excluding carboxylic acids is 2. The summed E-state index contributed by atoms with van der Waals surface area (Å²) >= 11 is 0. The van der Waals surface area contributed by atoms with Gasteiger partial charge in [-0.1, -0.05) is 32.0 Å². The highest BCUT2D eigenvalue weighted by molar-refractivity contribution is 6.04. The number of nitrogens with zero attached hydrogens (tertiary/aromatic N) is 1. The minimum Gasteiger partial charge on any atom is -0.338 e. The first-order chi connectivity index (χ1) is 14.5. The van der Waals surface area contributed by atoms with Crippen LogP contribution in [0.1, 0.15) is 24.2 Å². The van der Waals surface area contributed by atoms with Crippen LogP contribution in [0.5, 0.6) is 0 Å². The Labute approximate surface area is 174 Å². The third-order valence-electron chi connectivity index (χ3n) is 4.73. The van der Waals surface area contributed by atoms with Crippen molar-refractivity contribution < 1.29 is 9.59 Å². The van der Waals surface area contributed by atoms with E-state index in [-0.39, 0.29) is 17.7 Å². The van der Waals surface area contributed by atoms with Gasteiger partial charge in [0.2, 0.25) is 5.91 Å². The van der Waals surface area contributed by atoms with Crippen LogP contribution >= 0.6 is 0 Å². The number of H-pyrrole nitrogens is 1. The van der Waals surface area contributed by atoms with Gasteiger partial charge < -0.3 is 15.6 Å². The Bertz CT molecular complexity index is 1200. The molecule has 1 aromatic heterocycles. The van der Waals surface area contributed by atoms with E-state index in [4.69, 9.17) is 0 Å². The summed E-state index contributed by atoms with van der Waals surface area (Å²) in [5, 5.41) is 5.78. The van der Waals surface area contributed by atoms with Crippen LogP contribution in [0.4, 0.5) is 11.4 Å². The van der Waals surface area contributed by atoms with Gasteiger partial charge in [-0.05, 0) is 54.6 Å². The molecule has 0 saturated carbocycles. The number of rotatable bonds is 5. The standard InChI is InChI=1S/C24H22N4O2/c1-15(2)23(29)26-19-12-13-20-21(14-19)28-22(27-20)16-8-10-18(11-9-16)25-24(30)17-6-4-3-5-7-17/h3-15H,1-2H3,(H,25,30)(H,26,29)(H,27,28). The van der Waals surface area contributed by atoms with Crippen molar-refractivity contribution in [2.45, 2.75) is 13.8 Å². The summed E-state index contributed by atoms with van der Waals surface area (Å²) in [6.45, 7) is 3.71. The van der Waals surface area contributed by atoms with Crippen molar-refractivity contribution in [1.82, 2.24) is 9.97 Å². The minimum absolute atomic E-state index is 0.0257. The topological polar surface area (TPSA) is 86.9 Å². The third kappa shape index (κ3) is 4.22. The molecule has 4 rings (SSSR count). The molecule has 6 nitrogen and oxygen atoms in total. The average molecular weight is 398 g/mol.